The van der Waals surface area contributed by atoms with E-state index in [1.165, 1.54) is 22.8 Å². The van der Waals surface area contributed by atoms with Crippen LogP contribution in [0.25, 0.3) is 0 Å². The van der Waals surface area contributed by atoms with Gasteiger partial charge in [-0.2, -0.15) is 0 Å². The molecule has 7 heteroatoms. The Bertz CT molecular complexity index is 705. The summed E-state index contributed by atoms with van der Waals surface area (Å²) in [4.78, 5) is 23.4. The van der Waals surface area contributed by atoms with Gasteiger partial charge in [-0.15, -0.1) is 0 Å². The van der Waals surface area contributed by atoms with E-state index in [-0.39, 0.29) is 35.1 Å². The molecule has 1 heterocycles. The van der Waals surface area contributed by atoms with Crippen molar-refractivity contribution in [3.8, 4) is 0 Å². The van der Waals surface area contributed by atoms with E-state index >= 15 is 0 Å². The molecule has 21 heavy (non-hydrogen) atoms. The van der Waals surface area contributed by atoms with Gasteiger partial charge < -0.3 is 15.6 Å². The van der Waals surface area contributed by atoms with Crippen LogP contribution >= 0.6 is 23.2 Å². The van der Waals surface area contributed by atoms with E-state index in [1.54, 1.807) is 18.3 Å². The Kier molecular flexibility index (Phi) is 4.88. The standard InChI is InChI=1S/C14H13Cl2N3O2/c15-9-7-10(16)14(11(17)8-9)18-12(20)4-6-19-5-2-1-3-13(19)21/h1-3,5,7-8H,4,6,17H2,(H,18,20). The number of amides is 1. The maximum Gasteiger partial charge on any atom is 0.250 e. The van der Waals surface area contributed by atoms with Crippen LogP contribution < -0.4 is 16.6 Å². The van der Waals surface area contributed by atoms with Gasteiger partial charge in [-0.1, -0.05) is 29.3 Å². The summed E-state index contributed by atoms with van der Waals surface area (Å²) in [6.45, 7) is 0.274. The van der Waals surface area contributed by atoms with Gasteiger partial charge in [0, 0.05) is 30.3 Å². The van der Waals surface area contributed by atoms with Crippen LogP contribution in [-0.4, -0.2) is 10.5 Å². The SMILES string of the molecule is Nc1cc(Cl)cc(Cl)c1NC(=O)CCn1ccccc1=O. The van der Waals surface area contributed by atoms with Crippen molar-refractivity contribution in [3.63, 3.8) is 0 Å². The van der Waals surface area contributed by atoms with Crippen molar-refractivity contribution in [1.29, 1.82) is 0 Å². The van der Waals surface area contributed by atoms with Crippen molar-refractivity contribution in [2.45, 2.75) is 13.0 Å². The van der Waals surface area contributed by atoms with Gasteiger partial charge in [0.2, 0.25) is 5.91 Å². The molecule has 0 aliphatic heterocycles. The lowest BCUT2D eigenvalue weighted by Crippen LogP contribution is -2.22. The van der Waals surface area contributed by atoms with E-state index in [0.29, 0.717) is 10.7 Å². The summed E-state index contributed by atoms with van der Waals surface area (Å²) in [6, 6.07) is 7.81. The molecule has 1 amide bonds. The fraction of sp³-hybridized carbons (Fsp3) is 0.143. The van der Waals surface area contributed by atoms with Crippen LogP contribution in [-0.2, 0) is 11.3 Å². The Morgan fingerprint density at radius 3 is 2.71 bits per heavy atom. The van der Waals surface area contributed by atoms with E-state index < -0.39 is 0 Å². The van der Waals surface area contributed by atoms with Gasteiger partial charge in [0.15, 0.2) is 0 Å². The first-order chi connectivity index (χ1) is 9.97. The summed E-state index contributed by atoms with van der Waals surface area (Å²) in [7, 11) is 0. The highest BCUT2D eigenvalue weighted by molar-refractivity contribution is 6.37. The van der Waals surface area contributed by atoms with Crippen molar-refractivity contribution < 1.29 is 4.79 Å². The predicted molar refractivity (Wildman–Crippen MR) is 84.8 cm³/mol. The molecule has 0 radical (unpaired) electrons. The molecule has 0 bridgehead atoms. The Morgan fingerprint density at radius 2 is 2.05 bits per heavy atom. The molecule has 0 fully saturated rings. The average Bonchev–Trinajstić information content (AvgIpc) is 2.42. The molecule has 0 aliphatic rings. The fourth-order valence-electron chi connectivity index (χ4n) is 1.79. The number of nitrogens with zero attached hydrogens (tertiary/aromatic N) is 1. The number of nitrogen functional groups attached to an aromatic ring is 1. The number of hydrogen-bond acceptors (Lipinski definition) is 3. The zero-order valence-corrected chi connectivity index (χ0v) is 12.5. The van der Waals surface area contributed by atoms with Gasteiger partial charge >= 0.3 is 0 Å². The molecular weight excluding hydrogens is 313 g/mol. The first-order valence-electron chi connectivity index (χ1n) is 6.17. The number of pyridine rings is 1. The minimum Gasteiger partial charge on any atom is -0.397 e. The largest absolute Gasteiger partial charge is 0.397 e. The molecule has 0 unspecified atom stereocenters. The third-order valence-electron chi connectivity index (χ3n) is 2.83. The molecule has 2 rings (SSSR count). The number of anilines is 2. The van der Waals surface area contributed by atoms with Crippen LogP contribution in [0.4, 0.5) is 11.4 Å². The number of rotatable bonds is 4. The zero-order chi connectivity index (χ0) is 15.4. The zero-order valence-electron chi connectivity index (χ0n) is 11.0. The molecule has 0 saturated carbocycles. The molecule has 0 aliphatic carbocycles. The first kappa shape index (κ1) is 15.4. The number of carbonyl (C=O) groups excluding carboxylic acids is 1. The molecule has 1 aromatic heterocycles. The minimum atomic E-state index is -0.290. The quantitative estimate of drug-likeness (QED) is 0.848. The van der Waals surface area contributed by atoms with E-state index in [1.807, 2.05) is 0 Å². The topological polar surface area (TPSA) is 77.1 Å². The van der Waals surface area contributed by atoms with E-state index in [0.717, 1.165) is 0 Å². The van der Waals surface area contributed by atoms with Crippen LogP contribution in [0.3, 0.4) is 0 Å². The first-order valence-corrected chi connectivity index (χ1v) is 6.93. The normalized spacial score (nSPS) is 10.4. The molecule has 3 N–H and O–H groups in total. The van der Waals surface area contributed by atoms with Crippen molar-refractivity contribution in [2.75, 3.05) is 11.1 Å². The Labute approximate surface area is 131 Å². The second-order valence-corrected chi connectivity index (χ2v) is 5.23. The van der Waals surface area contributed by atoms with Crippen molar-refractivity contribution in [2.24, 2.45) is 0 Å². The Balaban J connectivity index is 2.03. The lowest BCUT2D eigenvalue weighted by molar-refractivity contribution is -0.116. The summed E-state index contributed by atoms with van der Waals surface area (Å²) in [5.41, 5.74) is 6.22. The van der Waals surface area contributed by atoms with E-state index in [4.69, 9.17) is 28.9 Å². The van der Waals surface area contributed by atoms with Crippen LogP contribution in [0.1, 0.15) is 6.42 Å². The Hall–Kier alpha value is -1.98. The molecule has 0 saturated heterocycles. The van der Waals surface area contributed by atoms with Crippen LogP contribution in [0, 0.1) is 0 Å². The fourth-order valence-corrected chi connectivity index (χ4v) is 2.35. The van der Waals surface area contributed by atoms with Gasteiger partial charge in [-0.25, -0.2) is 0 Å². The number of hydrogen-bond donors (Lipinski definition) is 2. The average molecular weight is 326 g/mol. The van der Waals surface area contributed by atoms with Crippen LogP contribution in [0.2, 0.25) is 10.0 Å². The van der Waals surface area contributed by atoms with Gasteiger partial charge in [-0.3, -0.25) is 9.59 Å². The highest BCUT2D eigenvalue weighted by Gasteiger charge is 2.10. The molecule has 0 atom stereocenters. The highest BCUT2D eigenvalue weighted by atomic mass is 35.5. The van der Waals surface area contributed by atoms with Crippen molar-refractivity contribution in [3.05, 3.63) is 56.9 Å². The van der Waals surface area contributed by atoms with Gasteiger partial charge in [0.05, 0.1) is 16.4 Å². The molecule has 1 aromatic carbocycles. The number of aryl methyl sites for hydroxylation is 1. The van der Waals surface area contributed by atoms with Crippen LogP contribution in [0.15, 0.2) is 41.3 Å². The van der Waals surface area contributed by atoms with E-state index in [9.17, 15) is 9.59 Å². The summed E-state index contributed by atoms with van der Waals surface area (Å²) >= 11 is 11.8. The smallest absolute Gasteiger partial charge is 0.250 e. The van der Waals surface area contributed by atoms with Crippen molar-refractivity contribution in [1.82, 2.24) is 4.57 Å². The maximum atomic E-state index is 11.9. The lowest BCUT2D eigenvalue weighted by Gasteiger charge is -2.11. The molecule has 0 spiro atoms. The number of aromatic nitrogens is 1. The summed E-state index contributed by atoms with van der Waals surface area (Å²) < 4.78 is 1.45. The van der Waals surface area contributed by atoms with Crippen molar-refractivity contribution >= 4 is 40.5 Å². The summed E-state index contributed by atoms with van der Waals surface area (Å²) in [5.74, 6) is -0.290. The third-order valence-corrected chi connectivity index (χ3v) is 3.35. The molecule has 110 valence electrons. The van der Waals surface area contributed by atoms with Gasteiger partial charge in [0.25, 0.3) is 5.56 Å². The van der Waals surface area contributed by atoms with E-state index in [2.05, 4.69) is 5.32 Å². The summed E-state index contributed by atoms with van der Waals surface area (Å²) in [5, 5.41) is 3.29. The second-order valence-electron chi connectivity index (χ2n) is 4.38. The second kappa shape index (κ2) is 6.65. The number of halogens is 2. The molecule has 2 aromatic rings. The number of carbonyl (C=O) groups is 1. The highest BCUT2D eigenvalue weighted by Crippen LogP contribution is 2.32. The minimum absolute atomic E-state index is 0.127. The summed E-state index contributed by atoms with van der Waals surface area (Å²) in [6.07, 6.45) is 1.75. The number of nitrogens with two attached hydrogens (primary N) is 1. The molecule has 5 nitrogen and oxygen atoms in total. The number of benzene rings is 1. The Morgan fingerprint density at radius 1 is 1.29 bits per heavy atom. The third kappa shape index (κ3) is 4.00. The monoisotopic (exact) mass is 325 g/mol. The van der Waals surface area contributed by atoms with Gasteiger partial charge in [0.1, 0.15) is 0 Å². The predicted octanol–water partition coefficient (Wildman–Crippen LogP) is 2.77. The maximum absolute atomic E-state index is 11.9. The molecular formula is C14H13Cl2N3O2. The van der Waals surface area contributed by atoms with Gasteiger partial charge in [-0.05, 0) is 18.2 Å². The number of nitrogens with one attached hydrogen (secondary N) is 1. The lowest BCUT2D eigenvalue weighted by atomic mass is 10.2. The van der Waals surface area contributed by atoms with Crippen LogP contribution in [0.5, 0.6) is 0 Å².